The first-order valence-corrected chi connectivity index (χ1v) is 8.64. The van der Waals surface area contributed by atoms with Gasteiger partial charge in [0.05, 0.1) is 7.11 Å². The van der Waals surface area contributed by atoms with E-state index in [-0.39, 0.29) is 25.6 Å². The van der Waals surface area contributed by atoms with Crippen LogP contribution in [0.3, 0.4) is 0 Å². The van der Waals surface area contributed by atoms with E-state index in [1.807, 2.05) is 24.3 Å². The number of benzene rings is 2. The van der Waals surface area contributed by atoms with Crippen LogP contribution in [0.2, 0.25) is 0 Å². The molecule has 0 saturated carbocycles. The number of methoxy groups -OCH3 is 1. The van der Waals surface area contributed by atoms with Crippen LogP contribution in [-0.2, 0) is 9.53 Å². The molecule has 0 fully saturated rings. The van der Waals surface area contributed by atoms with E-state index in [1.165, 1.54) is 14.0 Å². The Hall–Kier alpha value is -2.54. The van der Waals surface area contributed by atoms with E-state index in [9.17, 15) is 9.59 Å². The molecule has 0 aliphatic carbocycles. The largest absolute Gasteiger partial charge is 0.493 e. The van der Waals surface area contributed by atoms with E-state index < -0.39 is 5.97 Å². The molecule has 138 valence electrons. The number of carbonyl (C=O) groups excluding carboxylic acids is 2. The second kappa shape index (κ2) is 9.82. The van der Waals surface area contributed by atoms with Crippen molar-refractivity contribution in [2.45, 2.75) is 6.92 Å². The number of ether oxygens (including phenoxy) is 4. The first-order valence-electron chi connectivity index (χ1n) is 7.85. The Balaban J connectivity index is 1.75. The minimum atomic E-state index is -0.527. The molecule has 2 aromatic rings. The number of halogens is 1. The molecule has 0 saturated heterocycles. The van der Waals surface area contributed by atoms with Gasteiger partial charge in [0.2, 0.25) is 0 Å². The zero-order valence-corrected chi connectivity index (χ0v) is 16.1. The Kier molecular flexibility index (Phi) is 7.47. The molecule has 0 radical (unpaired) electrons. The van der Waals surface area contributed by atoms with Crippen LogP contribution in [-0.4, -0.2) is 38.7 Å². The van der Waals surface area contributed by atoms with Gasteiger partial charge in [-0.2, -0.15) is 0 Å². The van der Waals surface area contributed by atoms with Gasteiger partial charge in [0.15, 0.2) is 23.9 Å². The lowest BCUT2D eigenvalue weighted by molar-refractivity contribution is -0.146. The highest BCUT2D eigenvalue weighted by Gasteiger charge is 2.11. The number of hydrogen-bond acceptors (Lipinski definition) is 6. The number of esters is 1. The molecule has 0 aliphatic rings. The summed E-state index contributed by atoms with van der Waals surface area (Å²) in [5.41, 5.74) is 0.501. The smallest absolute Gasteiger partial charge is 0.344 e. The normalized spacial score (nSPS) is 10.1. The molecule has 0 N–H and O–H groups in total. The molecule has 0 amide bonds. The summed E-state index contributed by atoms with van der Waals surface area (Å²) in [6, 6.07) is 12.1. The highest BCUT2D eigenvalue weighted by Crippen LogP contribution is 2.28. The molecule has 0 unspecified atom stereocenters. The van der Waals surface area contributed by atoms with Crippen LogP contribution in [0.1, 0.15) is 17.3 Å². The van der Waals surface area contributed by atoms with Crippen LogP contribution in [0.25, 0.3) is 0 Å². The Bertz CT molecular complexity index is 774. The maximum Gasteiger partial charge on any atom is 0.344 e. The molecule has 0 aromatic heterocycles. The molecular weight excluding hydrogens is 404 g/mol. The third-order valence-electron chi connectivity index (χ3n) is 3.33. The fraction of sp³-hybridized carbons (Fsp3) is 0.263. The maximum absolute atomic E-state index is 11.8. The van der Waals surface area contributed by atoms with Crippen LogP contribution in [0.15, 0.2) is 46.9 Å². The lowest BCUT2D eigenvalue weighted by Gasteiger charge is -2.11. The Labute approximate surface area is 160 Å². The molecule has 0 heterocycles. The van der Waals surface area contributed by atoms with Gasteiger partial charge < -0.3 is 18.9 Å². The average Bonchev–Trinajstić information content (AvgIpc) is 2.63. The van der Waals surface area contributed by atoms with Gasteiger partial charge in [0, 0.05) is 10.0 Å². The van der Waals surface area contributed by atoms with Crippen molar-refractivity contribution >= 4 is 27.7 Å². The molecule has 2 aromatic carbocycles. The third kappa shape index (κ3) is 6.07. The molecule has 6 nitrogen and oxygen atoms in total. The van der Waals surface area contributed by atoms with Gasteiger partial charge in [-0.15, -0.1) is 0 Å². The first kappa shape index (κ1) is 19.8. The van der Waals surface area contributed by atoms with Gasteiger partial charge in [0.25, 0.3) is 0 Å². The van der Waals surface area contributed by atoms with E-state index in [1.54, 1.807) is 18.2 Å². The Morgan fingerprint density at radius 3 is 2.50 bits per heavy atom. The van der Waals surface area contributed by atoms with Gasteiger partial charge >= 0.3 is 5.97 Å². The quantitative estimate of drug-likeness (QED) is 0.348. The number of ketones is 1. The number of Topliss-reactive ketones (excluding diaryl/α,β-unsaturated/α-hetero) is 1. The summed E-state index contributed by atoms with van der Waals surface area (Å²) in [6.07, 6.45) is 0. The van der Waals surface area contributed by atoms with E-state index in [2.05, 4.69) is 15.9 Å². The molecule has 26 heavy (non-hydrogen) atoms. The first-order chi connectivity index (χ1) is 12.5. The van der Waals surface area contributed by atoms with Crippen molar-refractivity contribution in [2.24, 2.45) is 0 Å². The molecule has 0 bridgehead atoms. The number of hydrogen-bond donors (Lipinski definition) is 0. The van der Waals surface area contributed by atoms with Crippen LogP contribution < -0.4 is 14.2 Å². The summed E-state index contributed by atoms with van der Waals surface area (Å²) < 4.78 is 22.0. The number of rotatable bonds is 9. The van der Waals surface area contributed by atoms with Crippen LogP contribution in [0.5, 0.6) is 17.2 Å². The zero-order chi connectivity index (χ0) is 18.9. The summed E-state index contributed by atoms with van der Waals surface area (Å²) in [5.74, 6) is 0.811. The van der Waals surface area contributed by atoms with E-state index >= 15 is 0 Å². The summed E-state index contributed by atoms with van der Waals surface area (Å²) >= 11 is 3.35. The Morgan fingerprint density at radius 2 is 1.81 bits per heavy atom. The summed E-state index contributed by atoms with van der Waals surface area (Å²) in [4.78, 5) is 23.1. The fourth-order valence-electron chi connectivity index (χ4n) is 2.06. The summed E-state index contributed by atoms with van der Waals surface area (Å²) in [6.45, 7) is 1.53. The van der Waals surface area contributed by atoms with Crippen molar-refractivity contribution in [1.29, 1.82) is 0 Å². The molecule has 0 spiro atoms. The van der Waals surface area contributed by atoms with Gasteiger partial charge in [0.1, 0.15) is 19.0 Å². The van der Waals surface area contributed by atoms with Crippen molar-refractivity contribution in [1.82, 2.24) is 0 Å². The standard InChI is InChI=1S/C19H19BrO6/c1-13(21)14-6-7-17(18(10-14)23-2)26-12-19(22)25-9-8-24-16-5-3-4-15(20)11-16/h3-7,10-11H,8-9,12H2,1-2H3. The van der Waals surface area contributed by atoms with E-state index in [0.717, 1.165) is 4.47 Å². The van der Waals surface area contributed by atoms with Crippen LogP contribution in [0, 0.1) is 0 Å². The fourth-order valence-corrected chi connectivity index (χ4v) is 2.43. The van der Waals surface area contributed by atoms with Crippen LogP contribution in [0.4, 0.5) is 0 Å². The molecule has 0 aliphatic heterocycles. The van der Waals surface area contributed by atoms with Gasteiger partial charge in [-0.25, -0.2) is 4.79 Å². The zero-order valence-electron chi connectivity index (χ0n) is 14.5. The van der Waals surface area contributed by atoms with E-state index in [0.29, 0.717) is 22.8 Å². The molecule has 0 atom stereocenters. The van der Waals surface area contributed by atoms with Gasteiger partial charge in [-0.3, -0.25) is 4.79 Å². The monoisotopic (exact) mass is 422 g/mol. The second-order valence-electron chi connectivity index (χ2n) is 5.24. The minimum absolute atomic E-state index is 0.0836. The molecule has 2 rings (SSSR count). The highest BCUT2D eigenvalue weighted by atomic mass is 79.9. The van der Waals surface area contributed by atoms with Crippen molar-refractivity contribution in [2.75, 3.05) is 26.9 Å². The van der Waals surface area contributed by atoms with Crippen molar-refractivity contribution in [3.8, 4) is 17.2 Å². The third-order valence-corrected chi connectivity index (χ3v) is 3.82. The maximum atomic E-state index is 11.8. The summed E-state index contributed by atoms with van der Waals surface area (Å²) in [5, 5.41) is 0. The predicted molar refractivity (Wildman–Crippen MR) is 99.1 cm³/mol. The summed E-state index contributed by atoms with van der Waals surface area (Å²) in [7, 11) is 1.46. The second-order valence-corrected chi connectivity index (χ2v) is 6.15. The lowest BCUT2D eigenvalue weighted by atomic mass is 10.1. The topological polar surface area (TPSA) is 71.1 Å². The van der Waals surface area contributed by atoms with Crippen LogP contribution >= 0.6 is 15.9 Å². The lowest BCUT2D eigenvalue weighted by Crippen LogP contribution is -2.18. The average molecular weight is 423 g/mol. The van der Waals surface area contributed by atoms with Crippen molar-refractivity contribution in [3.05, 3.63) is 52.5 Å². The van der Waals surface area contributed by atoms with Gasteiger partial charge in [-0.05, 0) is 43.3 Å². The molecular formula is C19H19BrO6. The number of carbonyl (C=O) groups is 2. The molecule has 7 heteroatoms. The highest BCUT2D eigenvalue weighted by molar-refractivity contribution is 9.10. The van der Waals surface area contributed by atoms with Gasteiger partial charge in [-0.1, -0.05) is 22.0 Å². The van der Waals surface area contributed by atoms with Crippen molar-refractivity contribution < 1.29 is 28.5 Å². The Morgan fingerprint density at radius 1 is 1.00 bits per heavy atom. The predicted octanol–water partition coefficient (Wildman–Crippen LogP) is 3.66. The van der Waals surface area contributed by atoms with E-state index in [4.69, 9.17) is 18.9 Å². The van der Waals surface area contributed by atoms with Crippen molar-refractivity contribution in [3.63, 3.8) is 0 Å². The minimum Gasteiger partial charge on any atom is -0.493 e. The SMILES string of the molecule is COc1cc(C(C)=O)ccc1OCC(=O)OCCOc1cccc(Br)c1.